The highest BCUT2D eigenvalue weighted by Gasteiger charge is 2.20. The van der Waals surface area contributed by atoms with E-state index in [1.165, 1.54) is 6.20 Å². The van der Waals surface area contributed by atoms with E-state index in [1.807, 2.05) is 12.1 Å². The molecular formula is C24H22F2N6O. The summed E-state index contributed by atoms with van der Waals surface area (Å²) in [4.78, 5) is 29.1. The Bertz CT molecular complexity index is 1480. The van der Waals surface area contributed by atoms with Gasteiger partial charge in [-0.05, 0) is 37.1 Å². The zero-order valence-electron chi connectivity index (χ0n) is 18.2. The van der Waals surface area contributed by atoms with E-state index in [9.17, 15) is 9.18 Å². The molecule has 33 heavy (non-hydrogen) atoms. The summed E-state index contributed by atoms with van der Waals surface area (Å²) < 4.78 is 29.8. The minimum atomic E-state index is -0.532. The topological polar surface area (TPSA) is 86.8 Å². The van der Waals surface area contributed by atoms with Gasteiger partial charge in [0.05, 0.1) is 5.52 Å². The molecule has 2 N–H and O–H groups in total. The van der Waals surface area contributed by atoms with Crippen LogP contribution in [0.3, 0.4) is 0 Å². The van der Waals surface area contributed by atoms with Crippen LogP contribution in [0.25, 0.3) is 27.5 Å². The molecule has 0 atom stereocenters. The molecule has 0 radical (unpaired) electrons. The number of rotatable bonds is 4. The Balaban J connectivity index is 1.39. The average molecular weight is 448 g/mol. The lowest BCUT2D eigenvalue weighted by Gasteiger charge is -2.26. The van der Waals surface area contributed by atoms with Gasteiger partial charge in [-0.1, -0.05) is 6.08 Å². The van der Waals surface area contributed by atoms with Gasteiger partial charge in [-0.15, -0.1) is 0 Å². The Hall–Kier alpha value is -3.72. The number of anilines is 1. The molecule has 5 heterocycles. The molecular weight excluding hydrogens is 426 g/mol. The summed E-state index contributed by atoms with van der Waals surface area (Å²) >= 11 is 0. The number of aromatic amines is 1. The molecule has 7 nitrogen and oxygen atoms in total. The van der Waals surface area contributed by atoms with Crippen LogP contribution in [0.5, 0.6) is 0 Å². The highest BCUT2D eigenvalue weighted by Crippen LogP contribution is 2.29. The summed E-state index contributed by atoms with van der Waals surface area (Å²) in [7, 11) is 1.72. The van der Waals surface area contributed by atoms with Crippen LogP contribution >= 0.6 is 0 Å². The van der Waals surface area contributed by atoms with Crippen molar-refractivity contribution in [2.24, 2.45) is 0 Å². The largest absolute Gasteiger partial charge is 0.371 e. The number of H-pyrrole nitrogens is 1. The first kappa shape index (κ1) is 21.1. The summed E-state index contributed by atoms with van der Waals surface area (Å²) in [6, 6.07) is 5.19. The Morgan fingerprint density at radius 3 is 2.85 bits per heavy atom. The van der Waals surface area contributed by atoms with Crippen molar-refractivity contribution in [1.82, 2.24) is 24.8 Å². The van der Waals surface area contributed by atoms with Crippen molar-refractivity contribution in [3.05, 3.63) is 75.5 Å². The number of hydrogen-bond donors (Lipinski definition) is 2. The van der Waals surface area contributed by atoms with E-state index >= 15 is 4.39 Å². The second-order valence-corrected chi connectivity index (χ2v) is 8.16. The maximum atomic E-state index is 15.0. The van der Waals surface area contributed by atoms with Crippen LogP contribution in [0.2, 0.25) is 0 Å². The predicted octanol–water partition coefficient (Wildman–Crippen LogP) is 3.78. The molecule has 0 bridgehead atoms. The average Bonchev–Trinajstić information content (AvgIpc) is 2.82. The molecule has 4 aromatic heterocycles. The quantitative estimate of drug-likeness (QED) is 0.462. The van der Waals surface area contributed by atoms with Gasteiger partial charge in [0.1, 0.15) is 11.0 Å². The van der Waals surface area contributed by atoms with Crippen LogP contribution in [-0.2, 0) is 6.54 Å². The van der Waals surface area contributed by atoms with Crippen molar-refractivity contribution in [1.29, 1.82) is 0 Å². The molecule has 0 aromatic carbocycles. The maximum Gasteiger partial charge on any atom is 0.251 e. The second kappa shape index (κ2) is 8.32. The van der Waals surface area contributed by atoms with Crippen LogP contribution in [-0.4, -0.2) is 45.0 Å². The summed E-state index contributed by atoms with van der Waals surface area (Å²) in [6.45, 7) is 3.16. The predicted molar refractivity (Wildman–Crippen MR) is 124 cm³/mol. The molecule has 0 saturated heterocycles. The second-order valence-electron chi connectivity index (χ2n) is 8.16. The molecule has 0 aliphatic carbocycles. The van der Waals surface area contributed by atoms with Gasteiger partial charge < -0.3 is 10.3 Å². The minimum Gasteiger partial charge on any atom is -0.371 e. The van der Waals surface area contributed by atoms with Gasteiger partial charge in [-0.25, -0.2) is 14.4 Å². The summed E-state index contributed by atoms with van der Waals surface area (Å²) in [5, 5.41) is 3.74. The number of fused-ring (bicyclic) bond motifs is 2. The zero-order chi connectivity index (χ0) is 23.1. The number of aromatic nitrogens is 4. The van der Waals surface area contributed by atoms with Gasteiger partial charge in [-0.3, -0.25) is 14.7 Å². The Morgan fingerprint density at radius 2 is 2.09 bits per heavy atom. The Kier molecular flexibility index (Phi) is 5.33. The Labute approximate surface area is 188 Å². The van der Waals surface area contributed by atoms with E-state index in [-0.39, 0.29) is 11.1 Å². The van der Waals surface area contributed by atoms with Crippen molar-refractivity contribution in [3.63, 3.8) is 0 Å². The molecule has 5 rings (SSSR count). The van der Waals surface area contributed by atoms with Gasteiger partial charge in [-0.2, -0.15) is 4.39 Å². The third kappa shape index (κ3) is 3.84. The number of nitrogens with zero attached hydrogens (tertiary/aromatic N) is 4. The monoisotopic (exact) mass is 448 g/mol. The van der Waals surface area contributed by atoms with E-state index < -0.39 is 11.8 Å². The first-order chi connectivity index (χ1) is 15.9. The lowest BCUT2D eigenvalue weighted by Crippen LogP contribution is -2.28. The van der Waals surface area contributed by atoms with Crippen molar-refractivity contribution >= 4 is 33.3 Å². The SMILES string of the molecule is CNc1nccc2cc(C3=CCN(Cc4cnc5cc(C)c(=O)[nH]c5c4F)CC3)c(F)nc12. The minimum absolute atomic E-state index is 0.121. The van der Waals surface area contributed by atoms with Crippen molar-refractivity contribution in [3.8, 4) is 0 Å². The van der Waals surface area contributed by atoms with Crippen LogP contribution in [0.15, 0.2) is 41.5 Å². The maximum absolute atomic E-state index is 15.0. The number of nitrogens with one attached hydrogen (secondary N) is 2. The van der Waals surface area contributed by atoms with Gasteiger partial charge in [0.2, 0.25) is 5.95 Å². The van der Waals surface area contributed by atoms with Crippen LogP contribution in [0.4, 0.5) is 14.6 Å². The van der Waals surface area contributed by atoms with E-state index in [4.69, 9.17) is 0 Å². The van der Waals surface area contributed by atoms with Crippen LogP contribution in [0, 0.1) is 18.7 Å². The van der Waals surface area contributed by atoms with Crippen molar-refractivity contribution < 1.29 is 8.78 Å². The first-order valence-corrected chi connectivity index (χ1v) is 10.7. The third-order valence-electron chi connectivity index (χ3n) is 6.02. The fourth-order valence-electron chi connectivity index (χ4n) is 4.19. The molecule has 9 heteroatoms. The van der Waals surface area contributed by atoms with E-state index in [2.05, 4.69) is 30.2 Å². The highest BCUT2D eigenvalue weighted by molar-refractivity contribution is 5.90. The van der Waals surface area contributed by atoms with E-state index in [1.54, 1.807) is 32.3 Å². The number of halogens is 2. The van der Waals surface area contributed by atoms with Gasteiger partial charge >= 0.3 is 0 Å². The smallest absolute Gasteiger partial charge is 0.251 e. The van der Waals surface area contributed by atoms with Crippen molar-refractivity contribution in [2.45, 2.75) is 19.9 Å². The molecule has 0 saturated carbocycles. The molecule has 0 unspecified atom stereocenters. The van der Waals surface area contributed by atoms with Crippen molar-refractivity contribution in [2.75, 3.05) is 25.5 Å². The number of aryl methyl sites for hydroxylation is 1. The summed E-state index contributed by atoms with van der Waals surface area (Å²) in [5.41, 5.74) is 2.96. The van der Waals surface area contributed by atoms with Gasteiger partial charge in [0, 0.05) is 61.2 Å². The number of hydrogen-bond acceptors (Lipinski definition) is 6. The fourth-order valence-corrected chi connectivity index (χ4v) is 4.19. The molecule has 168 valence electrons. The standard InChI is InChI=1S/C24H22F2N6O/c1-13-9-18-21(31-24(13)33)19(25)16(11-29-18)12-32-7-4-14(5-8-32)17-10-15-3-6-28-23(27-2)20(15)30-22(17)26/h3-4,6,9-11H,5,7-8,12H2,1-2H3,(H,27,28)(H,31,33). The molecule has 0 spiro atoms. The third-order valence-corrected chi connectivity index (χ3v) is 6.02. The normalized spacial score (nSPS) is 14.6. The lowest BCUT2D eigenvalue weighted by atomic mass is 9.99. The summed E-state index contributed by atoms with van der Waals surface area (Å²) in [6.07, 6.45) is 5.73. The molecule has 1 aliphatic heterocycles. The van der Waals surface area contributed by atoms with Gasteiger partial charge in [0.15, 0.2) is 11.6 Å². The first-order valence-electron chi connectivity index (χ1n) is 10.7. The van der Waals surface area contributed by atoms with Gasteiger partial charge in [0.25, 0.3) is 5.56 Å². The molecule has 0 amide bonds. The van der Waals surface area contributed by atoms with E-state index in [0.717, 1.165) is 11.0 Å². The fraction of sp³-hybridized carbons (Fsp3) is 0.250. The van der Waals surface area contributed by atoms with E-state index in [0.29, 0.717) is 59.6 Å². The van der Waals surface area contributed by atoms with Crippen LogP contribution in [0.1, 0.15) is 23.1 Å². The zero-order valence-corrected chi connectivity index (χ0v) is 18.2. The lowest BCUT2D eigenvalue weighted by molar-refractivity contribution is 0.289. The highest BCUT2D eigenvalue weighted by atomic mass is 19.1. The van der Waals surface area contributed by atoms with Crippen LogP contribution < -0.4 is 10.9 Å². The molecule has 4 aromatic rings. The number of pyridine rings is 4. The molecule has 0 fully saturated rings. The molecule has 1 aliphatic rings. The Morgan fingerprint density at radius 1 is 1.24 bits per heavy atom. The summed E-state index contributed by atoms with van der Waals surface area (Å²) in [5.74, 6) is -0.467.